The van der Waals surface area contributed by atoms with Crippen LogP contribution in [0.15, 0.2) is 17.3 Å². The molecule has 1 aliphatic rings. The van der Waals surface area contributed by atoms with Crippen LogP contribution in [0, 0.1) is 0 Å². The smallest absolute Gasteiger partial charge is 0.246 e. The largest absolute Gasteiger partial charge is 0.391 e. The van der Waals surface area contributed by atoms with Gasteiger partial charge in [0.2, 0.25) is 16.0 Å². The van der Waals surface area contributed by atoms with E-state index in [0.29, 0.717) is 12.8 Å². The van der Waals surface area contributed by atoms with Gasteiger partial charge in [-0.2, -0.15) is 4.31 Å². The molecular weight excluding hydrogens is 268 g/mol. The second kappa shape index (κ2) is 5.40. The van der Waals surface area contributed by atoms with Crippen molar-refractivity contribution in [3.05, 3.63) is 12.4 Å². The number of aromatic nitrogens is 2. The number of anilines is 1. The number of likely N-dealkylation sites (N-methyl/N-ethyl adjacent to an activating group) is 1. The van der Waals surface area contributed by atoms with E-state index in [0.717, 1.165) is 12.8 Å². The first kappa shape index (κ1) is 14.2. The van der Waals surface area contributed by atoms with Crippen LogP contribution in [0.25, 0.3) is 0 Å². The average molecular weight is 286 g/mol. The quantitative estimate of drug-likeness (QED) is 0.808. The maximum atomic E-state index is 12.4. The van der Waals surface area contributed by atoms with Crippen molar-refractivity contribution in [2.75, 3.05) is 12.8 Å². The molecular formula is C11H18N4O3S. The summed E-state index contributed by atoms with van der Waals surface area (Å²) in [6.45, 7) is 0. The number of sulfonamides is 1. The highest BCUT2D eigenvalue weighted by molar-refractivity contribution is 7.89. The predicted octanol–water partition coefficient (Wildman–Crippen LogP) is -0.0172. The molecule has 0 radical (unpaired) electrons. The van der Waals surface area contributed by atoms with Gasteiger partial charge < -0.3 is 10.8 Å². The summed E-state index contributed by atoms with van der Waals surface area (Å²) in [5, 5.41) is 9.94. The Morgan fingerprint density at radius 1 is 1.32 bits per heavy atom. The SMILES string of the molecule is CN(C1CCCCC1O)S(=O)(=O)c1cnc(N)nc1. The molecule has 0 amide bonds. The Hall–Kier alpha value is -1.25. The number of nitrogen functional groups attached to an aromatic ring is 1. The van der Waals surface area contributed by atoms with Crippen molar-refractivity contribution in [3.8, 4) is 0 Å². The molecule has 1 aromatic heterocycles. The second-order valence-electron chi connectivity index (χ2n) is 4.72. The van der Waals surface area contributed by atoms with Gasteiger partial charge >= 0.3 is 0 Å². The van der Waals surface area contributed by atoms with E-state index in [4.69, 9.17) is 5.73 Å². The molecule has 0 spiro atoms. The van der Waals surface area contributed by atoms with Crippen LogP contribution in [-0.2, 0) is 10.0 Å². The van der Waals surface area contributed by atoms with Crippen molar-refractivity contribution in [1.82, 2.24) is 14.3 Å². The summed E-state index contributed by atoms with van der Waals surface area (Å²) >= 11 is 0. The first-order valence-corrected chi connectivity index (χ1v) is 7.60. The lowest BCUT2D eigenvalue weighted by molar-refractivity contribution is 0.0638. The number of nitrogens with zero attached hydrogens (tertiary/aromatic N) is 3. The van der Waals surface area contributed by atoms with Gasteiger partial charge in [0.05, 0.1) is 24.5 Å². The Morgan fingerprint density at radius 3 is 2.47 bits per heavy atom. The van der Waals surface area contributed by atoms with Crippen LogP contribution in [-0.4, -0.2) is 47.0 Å². The standard InChI is InChI=1S/C11H18N4O3S/c1-15(9-4-2-3-5-10(9)16)19(17,18)8-6-13-11(12)14-7-8/h6-7,9-10,16H,2-5H2,1H3,(H2,12,13,14). The first-order valence-electron chi connectivity index (χ1n) is 6.16. The van der Waals surface area contributed by atoms with Crippen LogP contribution in [0.3, 0.4) is 0 Å². The maximum absolute atomic E-state index is 12.4. The molecule has 1 heterocycles. The summed E-state index contributed by atoms with van der Waals surface area (Å²) < 4.78 is 26.0. The summed E-state index contributed by atoms with van der Waals surface area (Å²) in [6.07, 6.45) is 4.88. The van der Waals surface area contributed by atoms with Crippen molar-refractivity contribution >= 4 is 16.0 Å². The van der Waals surface area contributed by atoms with Crippen LogP contribution >= 0.6 is 0 Å². The molecule has 7 nitrogen and oxygen atoms in total. The van der Waals surface area contributed by atoms with Gasteiger partial charge in [-0.1, -0.05) is 12.8 Å². The van der Waals surface area contributed by atoms with E-state index in [1.165, 1.54) is 23.7 Å². The number of hydrogen-bond acceptors (Lipinski definition) is 6. The summed E-state index contributed by atoms with van der Waals surface area (Å²) in [7, 11) is -2.22. The first-order chi connectivity index (χ1) is 8.93. The van der Waals surface area contributed by atoms with Crippen LogP contribution in [0.4, 0.5) is 5.95 Å². The maximum Gasteiger partial charge on any atom is 0.246 e. The van der Waals surface area contributed by atoms with E-state index in [1.807, 2.05) is 0 Å². The van der Waals surface area contributed by atoms with Gasteiger partial charge in [0, 0.05) is 7.05 Å². The molecule has 2 rings (SSSR count). The average Bonchev–Trinajstić information content (AvgIpc) is 2.39. The minimum absolute atomic E-state index is 0.0121. The Morgan fingerprint density at radius 2 is 1.89 bits per heavy atom. The number of aliphatic hydroxyl groups excluding tert-OH is 1. The fourth-order valence-electron chi connectivity index (χ4n) is 2.32. The molecule has 19 heavy (non-hydrogen) atoms. The summed E-state index contributed by atoms with van der Waals surface area (Å²) in [4.78, 5) is 7.37. The molecule has 2 atom stereocenters. The van der Waals surface area contributed by atoms with Crippen LogP contribution in [0.2, 0.25) is 0 Å². The highest BCUT2D eigenvalue weighted by Crippen LogP contribution is 2.26. The van der Waals surface area contributed by atoms with Gasteiger partial charge in [-0.05, 0) is 12.8 Å². The van der Waals surface area contributed by atoms with E-state index in [1.54, 1.807) is 0 Å². The Balaban J connectivity index is 2.25. The Labute approximate surface area is 112 Å². The predicted molar refractivity (Wildman–Crippen MR) is 69.7 cm³/mol. The molecule has 0 aromatic carbocycles. The molecule has 106 valence electrons. The lowest BCUT2D eigenvalue weighted by Crippen LogP contribution is -2.46. The molecule has 1 aromatic rings. The fraction of sp³-hybridized carbons (Fsp3) is 0.636. The van der Waals surface area contributed by atoms with Crippen molar-refractivity contribution < 1.29 is 13.5 Å². The minimum Gasteiger partial charge on any atom is -0.391 e. The molecule has 1 saturated carbocycles. The Bertz CT molecular complexity index is 531. The topological polar surface area (TPSA) is 109 Å². The van der Waals surface area contributed by atoms with E-state index in [-0.39, 0.29) is 10.8 Å². The van der Waals surface area contributed by atoms with Gasteiger partial charge in [-0.15, -0.1) is 0 Å². The van der Waals surface area contributed by atoms with Crippen molar-refractivity contribution in [2.45, 2.75) is 42.7 Å². The number of rotatable bonds is 3. The second-order valence-corrected chi connectivity index (χ2v) is 6.71. The summed E-state index contributed by atoms with van der Waals surface area (Å²) in [6, 6.07) is -0.392. The van der Waals surface area contributed by atoms with Crippen LogP contribution < -0.4 is 5.73 Å². The van der Waals surface area contributed by atoms with Crippen molar-refractivity contribution in [2.24, 2.45) is 0 Å². The van der Waals surface area contributed by atoms with Crippen LogP contribution in [0.5, 0.6) is 0 Å². The lowest BCUT2D eigenvalue weighted by atomic mass is 9.93. The summed E-state index contributed by atoms with van der Waals surface area (Å²) in [5.41, 5.74) is 5.34. The minimum atomic E-state index is -3.70. The Kier molecular flexibility index (Phi) is 4.02. The highest BCUT2D eigenvalue weighted by atomic mass is 32.2. The molecule has 2 unspecified atom stereocenters. The number of nitrogens with two attached hydrogens (primary N) is 1. The van der Waals surface area contributed by atoms with E-state index < -0.39 is 22.2 Å². The molecule has 0 saturated heterocycles. The van der Waals surface area contributed by atoms with Crippen LogP contribution in [0.1, 0.15) is 25.7 Å². The number of hydrogen-bond donors (Lipinski definition) is 2. The zero-order valence-corrected chi connectivity index (χ0v) is 11.5. The molecule has 3 N–H and O–H groups in total. The van der Waals surface area contributed by atoms with E-state index in [9.17, 15) is 13.5 Å². The highest BCUT2D eigenvalue weighted by Gasteiger charge is 2.34. The zero-order valence-electron chi connectivity index (χ0n) is 10.7. The van der Waals surface area contributed by atoms with Crippen molar-refractivity contribution in [1.29, 1.82) is 0 Å². The molecule has 0 bridgehead atoms. The van der Waals surface area contributed by atoms with Gasteiger partial charge in [-0.25, -0.2) is 18.4 Å². The van der Waals surface area contributed by atoms with Gasteiger partial charge in [0.15, 0.2) is 0 Å². The molecule has 1 aliphatic carbocycles. The number of aliphatic hydroxyl groups is 1. The molecule has 8 heteroatoms. The van der Waals surface area contributed by atoms with E-state index >= 15 is 0 Å². The molecule has 0 aliphatic heterocycles. The molecule has 1 fully saturated rings. The van der Waals surface area contributed by atoms with Crippen molar-refractivity contribution in [3.63, 3.8) is 0 Å². The third-order valence-electron chi connectivity index (χ3n) is 3.49. The summed E-state index contributed by atoms with van der Waals surface area (Å²) in [5.74, 6) is 0.0271. The van der Waals surface area contributed by atoms with E-state index in [2.05, 4.69) is 9.97 Å². The fourth-order valence-corrected chi connectivity index (χ4v) is 3.63. The van der Waals surface area contributed by atoms with Gasteiger partial charge in [0.1, 0.15) is 4.90 Å². The monoisotopic (exact) mass is 286 g/mol. The zero-order chi connectivity index (χ0) is 14.0. The lowest BCUT2D eigenvalue weighted by Gasteiger charge is -2.34. The third-order valence-corrected chi connectivity index (χ3v) is 5.32. The van der Waals surface area contributed by atoms with Gasteiger partial charge in [0.25, 0.3) is 0 Å². The normalized spacial score (nSPS) is 24.6. The third kappa shape index (κ3) is 2.85. The van der Waals surface area contributed by atoms with Gasteiger partial charge in [-0.3, -0.25) is 0 Å².